The van der Waals surface area contributed by atoms with Gasteiger partial charge in [0.15, 0.2) is 4.32 Å². The fourth-order valence-corrected chi connectivity index (χ4v) is 5.94. The first-order valence-electron chi connectivity index (χ1n) is 7.26. The van der Waals surface area contributed by atoms with Crippen LogP contribution >= 0.6 is 48.0 Å². The number of carbonyl (C=O) groups is 1. The Morgan fingerprint density at radius 1 is 1.19 bits per heavy atom. The summed E-state index contributed by atoms with van der Waals surface area (Å²) in [7, 11) is -2.61. The van der Waals surface area contributed by atoms with Crippen molar-refractivity contribution >= 4 is 78.3 Å². The molecule has 26 heavy (non-hydrogen) atoms. The van der Waals surface area contributed by atoms with E-state index in [0.29, 0.717) is 30.8 Å². The third-order valence-corrected chi connectivity index (χ3v) is 7.52. The van der Waals surface area contributed by atoms with Gasteiger partial charge in [0, 0.05) is 13.6 Å². The van der Waals surface area contributed by atoms with Crippen molar-refractivity contribution in [3.63, 3.8) is 0 Å². The summed E-state index contributed by atoms with van der Waals surface area (Å²) in [6.45, 7) is 2.34. The van der Waals surface area contributed by atoms with Crippen LogP contribution in [0.2, 0.25) is 0 Å². The average Bonchev–Trinajstić information content (AvgIpc) is 3.02. The third kappa shape index (κ3) is 3.37. The summed E-state index contributed by atoms with van der Waals surface area (Å²) in [6.07, 6.45) is 0. The van der Waals surface area contributed by atoms with Crippen LogP contribution < -0.4 is 5.01 Å². The van der Waals surface area contributed by atoms with E-state index in [1.54, 1.807) is 23.1 Å². The first kappa shape index (κ1) is 19.6. The van der Waals surface area contributed by atoms with Crippen LogP contribution in [0.5, 0.6) is 0 Å². The van der Waals surface area contributed by atoms with Gasteiger partial charge in [0.05, 0.1) is 10.6 Å². The maximum Gasteiger partial charge on any atom is 0.294 e. The molecule has 0 unspecified atom stereocenters. The summed E-state index contributed by atoms with van der Waals surface area (Å²) in [5.74, 6) is -0.173. The monoisotopic (exact) mass is 447 g/mol. The van der Waals surface area contributed by atoms with E-state index in [0.717, 1.165) is 0 Å². The van der Waals surface area contributed by atoms with Crippen molar-refractivity contribution in [2.75, 3.05) is 18.6 Å². The number of rotatable bonds is 3. The first-order valence-corrected chi connectivity index (χ1v) is 11.1. The van der Waals surface area contributed by atoms with Gasteiger partial charge in [-0.3, -0.25) is 19.3 Å². The number of anilines is 1. The summed E-state index contributed by atoms with van der Waals surface area (Å²) in [5.41, 5.74) is 0.459. The predicted molar refractivity (Wildman–Crippen MR) is 111 cm³/mol. The lowest BCUT2D eigenvalue weighted by molar-refractivity contribution is -0.122. The molecule has 0 saturated carbocycles. The summed E-state index contributed by atoms with van der Waals surface area (Å²) in [4.78, 5) is 14.3. The van der Waals surface area contributed by atoms with Gasteiger partial charge in [-0.25, -0.2) is 5.01 Å². The minimum Gasteiger partial charge on any atom is -0.293 e. The van der Waals surface area contributed by atoms with E-state index < -0.39 is 10.1 Å². The first-order chi connectivity index (χ1) is 12.1. The fraction of sp³-hybridized carbons (Fsp3) is 0.214. The van der Waals surface area contributed by atoms with E-state index in [9.17, 15) is 17.8 Å². The van der Waals surface area contributed by atoms with Crippen molar-refractivity contribution in [1.82, 2.24) is 9.91 Å². The summed E-state index contributed by atoms with van der Waals surface area (Å²) < 4.78 is 33.0. The lowest BCUT2D eigenvalue weighted by Gasteiger charge is -2.27. The highest BCUT2D eigenvalue weighted by Gasteiger charge is 2.40. The van der Waals surface area contributed by atoms with Crippen molar-refractivity contribution in [2.24, 2.45) is 0 Å². The van der Waals surface area contributed by atoms with Crippen LogP contribution in [-0.4, -0.2) is 51.0 Å². The van der Waals surface area contributed by atoms with Gasteiger partial charge in [0.1, 0.15) is 14.3 Å². The second-order valence-electron chi connectivity index (χ2n) is 5.23. The summed E-state index contributed by atoms with van der Waals surface area (Å²) in [6, 6.07) is 5.78. The van der Waals surface area contributed by atoms with Crippen LogP contribution in [0.3, 0.4) is 0 Å². The lowest BCUT2D eigenvalue weighted by atomic mass is 10.3. The number of thiocarbonyl (C=S) groups is 2. The molecule has 2 saturated heterocycles. The Morgan fingerprint density at radius 3 is 2.46 bits per heavy atom. The van der Waals surface area contributed by atoms with Crippen LogP contribution in [0.15, 0.2) is 39.1 Å². The minimum atomic E-state index is -4.34. The summed E-state index contributed by atoms with van der Waals surface area (Å²) in [5, 5.41) is 3.90. The molecule has 0 spiro atoms. The minimum absolute atomic E-state index is 0.173. The number of benzene rings is 1. The number of hydrogen-bond acceptors (Lipinski definition) is 8. The van der Waals surface area contributed by atoms with Crippen molar-refractivity contribution in [3.8, 4) is 0 Å². The number of nitrogens with zero attached hydrogens (tertiary/aromatic N) is 3. The topological polar surface area (TPSA) is 81.2 Å². The maximum absolute atomic E-state index is 12.6. The zero-order valence-electron chi connectivity index (χ0n) is 13.6. The van der Waals surface area contributed by atoms with Gasteiger partial charge in [-0.15, -0.1) is 0 Å². The molecule has 0 aliphatic carbocycles. The molecule has 0 atom stereocenters. The van der Waals surface area contributed by atoms with E-state index >= 15 is 0 Å². The van der Waals surface area contributed by atoms with Crippen LogP contribution in [0.4, 0.5) is 5.69 Å². The smallest absolute Gasteiger partial charge is 0.293 e. The second-order valence-corrected chi connectivity index (χ2v) is 9.92. The van der Waals surface area contributed by atoms with E-state index in [4.69, 9.17) is 24.4 Å². The molecule has 0 bridgehead atoms. The molecule has 1 N–H and O–H groups in total. The molecule has 1 aromatic carbocycles. The normalized spacial score (nSPS) is 21.3. The highest BCUT2D eigenvalue weighted by atomic mass is 32.2. The Bertz CT molecular complexity index is 959. The molecule has 0 aromatic heterocycles. The van der Waals surface area contributed by atoms with E-state index in [1.807, 2.05) is 6.92 Å². The molecular weight excluding hydrogens is 435 g/mol. The third-order valence-electron chi connectivity index (χ3n) is 3.67. The van der Waals surface area contributed by atoms with Gasteiger partial charge in [-0.05, 0) is 36.9 Å². The number of hydrazine groups is 1. The Kier molecular flexibility index (Phi) is 5.34. The molecule has 2 fully saturated rings. The number of amides is 1. The zero-order chi connectivity index (χ0) is 19.2. The van der Waals surface area contributed by atoms with Crippen LogP contribution in [0, 0.1) is 0 Å². The highest BCUT2D eigenvalue weighted by Crippen LogP contribution is 2.44. The fourth-order valence-electron chi connectivity index (χ4n) is 2.45. The molecule has 2 heterocycles. The Morgan fingerprint density at radius 2 is 1.88 bits per heavy atom. The van der Waals surface area contributed by atoms with Gasteiger partial charge >= 0.3 is 0 Å². The molecule has 2 aliphatic heterocycles. The Labute approximate surface area is 170 Å². The molecule has 3 rings (SSSR count). The standard InChI is InChI=1S/C14H13N3O4S5/c1-3-16-11(18)10(24-13(16)22)12-15(2)17(14(23)25-12)8-5-4-6-9(7-8)26(19,20)21/h4-7H,3H2,1-2H3,(H,19,20,21). The van der Waals surface area contributed by atoms with Gasteiger partial charge < -0.3 is 0 Å². The van der Waals surface area contributed by atoms with Crippen molar-refractivity contribution in [1.29, 1.82) is 0 Å². The maximum atomic E-state index is 12.6. The number of likely N-dealkylation sites (N-methyl/N-ethyl adjacent to an activating group) is 1. The molecule has 2 aliphatic rings. The average molecular weight is 448 g/mol. The van der Waals surface area contributed by atoms with Crippen molar-refractivity contribution in [3.05, 3.63) is 34.2 Å². The van der Waals surface area contributed by atoms with Gasteiger partial charge in [-0.2, -0.15) is 8.42 Å². The zero-order valence-corrected chi connectivity index (χ0v) is 17.7. The molecular formula is C14H13N3O4S5. The van der Waals surface area contributed by atoms with Crippen molar-refractivity contribution in [2.45, 2.75) is 11.8 Å². The van der Waals surface area contributed by atoms with Crippen LogP contribution in [0.1, 0.15) is 6.92 Å². The van der Waals surface area contributed by atoms with Gasteiger partial charge in [0.25, 0.3) is 16.0 Å². The molecule has 7 nitrogen and oxygen atoms in total. The number of hydrogen-bond donors (Lipinski definition) is 1. The SMILES string of the molecule is CCN1C(=O)C(=C2SC(=S)N(c3cccc(S(=O)(=O)O)c3)N2C)SC1=S. The Balaban J connectivity index is 2.01. The van der Waals surface area contributed by atoms with E-state index in [-0.39, 0.29) is 10.8 Å². The number of thioether (sulfide) groups is 2. The molecule has 138 valence electrons. The van der Waals surface area contributed by atoms with Gasteiger partial charge in [0.2, 0.25) is 0 Å². The molecule has 1 aromatic rings. The Hall–Kier alpha value is -1.18. The predicted octanol–water partition coefficient (Wildman–Crippen LogP) is 2.67. The van der Waals surface area contributed by atoms with Crippen LogP contribution in [-0.2, 0) is 14.9 Å². The van der Waals surface area contributed by atoms with Crippen molar-refractivity contribution < 1.29 is 17.8 Å². The second kappa shape index (κ2) is 7.09. The molecule has 12 heteroatoms. The largest absolute Gasteiger partial charge is 0.294 e. The summed E-state index contributed by atoms with van der Waals surface area (Å²) >= 11 is 13.1. The molecule has 0 radical (unpaired) electrons. The highest BCUT2D eigenvalue weighted by molar-refractivity contribution is 8.29. The lowest BCUT2D eigenvalue weighted by Crippen LogP contribution is -2.35. The van der Waals surface area contributed by atoms with E-state index in [1.165, 1.54) is 46.6 Å². The van der Waals surface area contributed by atoms with E-state index in [2.05, 4.69) is 0 Å². The molecule has 1 amide bonds. The quantitative estimate of drug-likeness (QED) is 0.424. The van der Waals surface area contributed by atoms with Crippen LogP contribution in [0.25, 0.3) is 0 Å². The number of carbonyl (C=O) groups excluding carboxylic acids is 1. The van der Waals surface area contributed by atoms with Gasteiger partial charge in [-0.1, -0.05) is 42.3 Å².